The second-order valence-electron chi connectivity index (χ2n) is 9.59. The summed E-state index contributed by atoms with van der Waals surface area (Å²) in [6.45, 7) is 5.51. The van der Waals surface area contributed by atoms with Crippen LogP contribution in [-0.4, -0.2) is 61.0 Å². The first-order valence-corrected chi connectivity index (χ1v) is 13.9. The predicted octanol–water partition coefficient (Wildman–Crippen LogP) is 2.53. The van der Waals surface area contributed by atoms with Crippen LogP contribution in [0.2, 0.25) is 0 Å². The van der Waals surface area contributed by atoms with Gasteiger partial charge in [0.2, 0.25) is 0 Å². The van der Waals surface area contributed by atoms with Crippen molar-refractivity contribution in [2.45, 2.75) is 76.3 Å². The van der Waals surface area contributed by atoms with E-state index < -0.39 is 40.0 Å². The van der Waals surface area contributed by atoms with E-state index in [0.29, 0.717) is 35.5 Å². The molecule has 1 unspecified atom stereocenters. The second kappa shape index (κ2) is 11.8. The number of nitrogens with zero attached hydrogens (tertiary/aromatic N) is 1. The molecule has 0 saturated heterocycles. The SMILES string of the molecule is CCC1=C(C)C(C(=O)O)N(C(=O)NCCc2ccc(S(=O)(=O)NC(=O)NC3CCC(C)CC3)cc2)C1=O. The van der Waals surface area contributed by atoms with Gasteiger partial charge in [-0.2, -0.15) is 0 Å². The van der Waals surface area contributed by atoms with Crippen LogP contribution in [0.3, 0.4) is 0 Å². The third-order valence-corrected chi connectivity index (χ3v) is 8.28. The average Bonchev–Trinajstić information content (AvgIpc) is 3.10. The summed E-state index contributed by atoms with van der Waals surface area (Å²) in [6, 6.07) is 2.91. The molecule has 1 heterocycles. The third kappa shape index (κ3) is 6.68. The van der Waals surface area contributed by atoms with Crippen molar-refractivity contribution >= 4 is 34.0 Å². The number of imide groups is 1. The minimum Gasteiger partial charge on any atom is -0.479 e. The number of sulfonamides is 1. The van der Waals surface area contributed by atoms with Crippen LogP contribution in [0, 0.1) is 5.92 Å². The monoisotopic (exact) mass is 534 g/mol. The van der Waals surface area contributed by atoms with Crippen LogP contribution >= 0.6 is 0 Å². The number of carbonyl (C=O) groups is 4. The number of carbonyl (C=O) groups excluding carboxylic acids is 3. The van der Waals surface area contributed by atoms with E-state index >= 15 is 0 Å². The van der Waals surface area contributed by atoms with Gasteiger partial charge in [-0.15, -0.1) is 0 Å². The first kappa shape index (κ1) is 28.2. The highest BCUT2D eigenvalue weighted by molar-refractivity contribution is 7.90. The van der Waals surface area contributed by atoms with E-state index in [0.717, 1.165) is 30.6 Å². The van der Waals surface area contributed by atoms with Gasteiger partial charge in [-0.3, -0.25) is 4.79 Å². The zero-order valence-corrected chi connectivity index (χ0v) is 22.1. The number of rotatable bonds is 8. The molecule has 3 rings (SSSR count). The molecule has 2 aliphatic rings. The molecule has 1 aliphatic heterocycles. The van der Waals surface area contributed by atoms with Crippen LogP contribution in [0.1, 0.15) is 58.4 Å². The van der Waals surface area contributed by atoms with E-state index in [9.17, 15) is 32.7 Å². The van der Waals surface area contributed by atoms with E-state index in [-0.39, 0.29) is 17.5 Å². The number of benzene rings is 1. The van der Waals surface area contributed by atoms with Crippen molar-refractivity contribution in [2.75, 3.05) is 6.54 Å². The van der Waals surface area contributed by atoms with Gasteiger partial charge in [-0.25, -0.2) is 32.4 Å². The molecule has 1 saturated carbocycles. The lowest BCUT2D eigenvalue weighted by Gasteiger charge is -2.26. The Morgan fingerprint density at radius 3 is 2.27 bits per heavy atom. The number of hydrogen-bond acceptors (Lipinski definition) is 6. The summed E-state index contributed by atoms with van der Waals surface area (Å²) in [6.07, 6.45) is 4.25. The van der Waals surface area contributed by atoms with Crippen LogP contribution < -0.4 is 15.4 Å². The van der Waals surface area contributed by atoms with Crippen molar-refractivity contribution in [3.05, 3.63) is 41.0 Å². The van der Waals surface area contributed by atoms with Gasteiger partial charge < -0.3 is 15.7 Å². The van der Waals surface area contributed by atoms with Gasteiger partial charge in [0, 0.05) is 18.2 Å². The fourth-order valence-electron chi connectivity index (χ4n) is 4.76. The Bertz CT molecular complexity index is 1190. The number of nitrogens with one attached hydrogen (secondary N) is 3. The lowest BCUT2D eigenvalue weighted by molar-refractivity contribution is -0.143. The fraction of sp³-hybridized carbons (Fsp3) is 0.520. The maximum absolute atomic E-state index is 12.6. The van der Waals surface area contributed by atoms with Crippen molar-refractivity contribution in [2.24, 2.45) is 5.92 Å². The van der Waals surface area contributed by atoms with Gasteiger partial charge in [0.25, 0.3) is 15.9 Å². The zero-order chi connectivity index (χ0) is 27.3. The van der Waals surface area contributed by atoms with Gasteiger partial charge in [-0.1, -0.05) is 26.0 Å². The van der Waals surface area contributed by atoms with E-state index in [4.69, 9.17) is 0 Å². The van der Waals surface area contributed by atoms with Crippen LogP contribution in [-0.2, 0) is 26.0 Å². The van der Waals surface area contributed by atoms with Crippen LogP contribution in [0.25, 0.3) is 0 Å². The molecule has 1 aromatic carbocycles. The van der Waals surface area contributed by atoms with Gasteiger partial charge in [-0.05, 0) is 74.6 Å². The molecule has 4 N–H and O–H groups in total. The van der Waals surface area contributed by atoms with Crippen molar-refractivity contribution < 1.29 is 32.7 Å². The fourth-order valence-corrected chi connectivity index (χ4v) is 5.67. The quantitative estimate of drug-likeness (QED) is 0.398. The molecule has 0 radical (unpaired) electrons. The van der Waals surface area contributed by atoms with Gasteiger partial charge in [0.1, 0.15) is 0 Å². The Morgan fingerprint density at radius 1 is 1.08 bits per heavy atom. The molecule has 0 bridgehead atoms. The van der Waals surface area contributed by atoms with Gasteiger partial charge in [0.05, 0.1) is 4.90 Å². The average molecular weight is 535 g/mol. The molecule has 1 aliphatic carbocycles. The minimum atomic E-state index is -4.05. The number of aliphatic carboxylic acids is 1. The largest absolute Gasteiger partial charge is 0.479 e. The Balaban J connectivity index is 1.52. The number of carboxylic acid groups (broad SMARTS) is 1. The van der Waals surface area contributed by atoms with E-state index in [1.165, 1.54) is 19.1 Å². The predicted molar refractivity (Wildman–Crippen MR) is 135 cm³/mol. The van der Waals surface area contributed by atoms with E-state index in [2.05, 4.69) is 17.6 Å². The van der Waals surface area contributed by atoms with Crippen molar-refractivity contribution in [3.63, 3.8) is 0 Å². The third-order valence-electron chi connectivity index (χ3n) is 6.93. The van der Waals surface area contributed by atoms with E-state index in [1.807, 2.05) is 4.72 Å². The van der Waals surface area contributed by atoms with Crippen molar-refractivity contribution in [1.82, 2.24) is 20.3 Å². The Labute approximate surface area is 216 Å². The summed E-state index contributed by atoms with van der Waals surface area (Å²) in [4.78, 5) is 49.6. The molecule has 0 spiro atoms. The molecule has 0 aromatic heterocycles. The topological polar surface area (TPSA) is 162 Å². The molecular formula is C25H34N4O7S. The highest BCUT2D eigenvalue weighted by Gasteiger charge is 2.44. The highest BCUT2D eigenvalue weighted by Crippen LogP contribution is 2.28. The maximum Gasteiger partial charge on any atom is 0.331 e. The van der Waals surface area contributed by atoms with Crippen molar-refractivity contribution in [1.29, 1.82) is 0 Å². The van der Waals surface area contributed by atoms with Crippen LogP contribution in [0.15, 0.2) is 40.3 Å². The first-order chi connectivity index (χ1) is 17.4. The van der Waals surface area contributed by atoms with E-state index in [1.54, 1.807) is 19.1 Å². The molecule has 5 amide bonds. The number of amides is 5. The standard InChI is InChI=1S/C25H34N4O7S/c1-4-20-16(3)21(23(31)32)29(22(20)30)25(34)26-14-13-17-7-11-19(12-8-17)37(35,36)28-24(33)27-18-9-5-15(2)6-10-18/h7-8,11-12,15,18,21H,4-6,9-10,13-14H2,1-3H3,(H,26,34)(H,31,32)(H2,27,28,33). The first-order valence-electron chi connectivity index (χ1n) is 12.4. The summed E-state index contributed by atoms with van der Waals surface area (Å²) in [5, 5.41) is 14.8. The van der Waals surface area contributed by atoms with Gasteiger partial charge in [0.15, 0.2) is 6.04 Å². The summed E-state index contributed by atoms with van der Waals surface area (Å²) in [5.41, 5.74) is 1.36. The summed E-state index contributed by atoms with van der Waals surface area (Å²) in [5.74, 6) is -1.29. The molecule has 1 aromatic rings. The summed E-state index contributed by atoms with van der Waals surface area (Å²) in [7, 11) is -4.05. The number of carboxylic acids is 1. The molecule has 202 valence electrons. The normalized spacial score (nSPS) is 22.1. The number of urea groups is 2. The zero-order valence-electron chi connectivity index (χ0n) is 21.2. The second-order valence-corrected chi connectivity index (χ2v) is 11.3. The van der Waals surface area contributed by atoms with Gasteiger partial charge >= 0.3 is 18.0 Å². The molecule has 1 atom stereocenters. The van der Waals surface area contributed by atoms with Crippen LogP contribution in [0.4, 0.5) is 9.59 Å². The molecule has 11 nitrogen and oxygen atoms in total. The molecule has 1 fully saturated rings. The number of hydrogen-bond donors (Lipinski definition) is 4. The minimum absolute atomic E-state index is 0.0427. The molecule has 37 heavy (non-hydrogen) atoms. The van der Waals surface area contributed by atoms with Crippen LogP contribution in [0.5, 0.6) is 0 Å². The highest BCUT2D eigenvalue weighted by atomic mass is 32.2. The van der Waals surface area contributed by atoms with Crippen molar-refractivity contribution in [3.8, 4) is 0 Å². The molecule has 12 heteroatoms. The summed E-state index contributed by atoms with van der Waals surface area (Å²) < 4.78 is 27.2. The Morgan fingerprint density at radius 2 is 1.70 bits per heavy atom. The smallest absolute Gasteiger partial charge is 0.331 e. The summed E-state index contributed by atoms with van der Waals surface area (Å²) >= 11 is 0. The Kier molecular flexibility index (Phi) is 8.95. The lowest BCUT2D eigenvalue weighted by atomic mass is 9.87. The molecular weight excluding hydrogens is 500 g/mol. The lowest BCUT2D eigenvalue weighted by Crippen LogP contribution is -2.50. The maximum atomic E-state index is 12.6. The Hall–Kier alpha value is -3.41.